The lowest BCUT2D eigenvalue weighted by molar-refractivity contribution is -0.134. The van der Waals surface area contributed by atoms with Gasteiger partial charge in [-0.05, 0) is 47.6 Å². The van der Waals surface area contributed by atoms with Gasteiger partial charge in [-0.1, -0.05) is 0 Å². The summed E-state index contributed by atoms with van der Waals surface area (Å²) in [5.41, 5.74) is 0.252. The first-order valence-corrected chi connectivity index (χ1v) is 5.60. The van der Waals surface area contributed by atoms with Crippen molar-refractivity contribution in [1.82, 2.24) is 4.90 Å². The van der Waals surface area contributed by atoms with Crippen LogP contribution in [-0.4, -0.2) is 45.3 Å². The second-order valence-corrected chi connectivity index (χ2v) is 5.76. The van der Waals surface area contributed by atoms with E-state index in [9.17, 15) is 5.11 Å². The molecule has 0 spiro atoms. The Hall–Kier alpha value is -0.610. The van der Waals surface area contributed by atoms with Crippen molar-refractivity contribution in [1.29, 1.82) is 0 Å². The number of aliphatic hydroxyl groups is 1. The lowest BCUT2D eigenvalue weighted by Gasteiger charge is -2.52. The number of hydrogen-bond acceptors (Lipinski definition) is 3. The third-order valence-electron chi connectivity index (χ3n) is 3.29. The molecule has 4 nitrogen and oxygen atoms in total. The zero-order valence-electron chi connectivity index (χ0n) is 11.2. The van der Waals surface area contributed by atoms with Crippen LogP contribution in [-0.2, 0) is 4.79 Å². The van der Waals surface area contributed by atoms with E-state index in [2.05, 4.69) is 39.6 Å². The number of carboxylic acids is 1. The lowest BCUT2D eigenvalue weighted by Crippen LogP contribution is -2.59. The van der Waals surface area contributed by atoms with Crippen molar-refractivity contribution in [3.05, 3.63) is 0 Å². The van der Waals surface area contributed by atoms with Crippen molar-refractivity contribution in [3.8, 4) is 0 Å². The van der Waals surface area contributed by atoms with Crippen LogP contribution in [0, 0.1) is 0 Å². The molecule has 1 fully saturated rings. The van der Waals surface area contributed by atoms with E-state index in [1.54, 1.807) is 0 Å². The molecule has 0 radical (unpaired) electrons. The molecule has 0 aromatic heterocycles. The van der Waals surface area contributed by atoms with Gasteiger partial charge < -0.3 is 10.2 Å². The van der Waals surface area contributed by atoms with Gasteiger partial charge in [0.15, 0.2) is 0 Å². The molecule has 1 rings (SSSR count). The smallest absolute Gasteiger partial charge is 0.300 e. The Bertz CT molecular complexity index is 227. The second-order valence-electron chi connectivity index (χ2n) is 5.76. The van der Waals surface area contributed by atoms with Crippen molar-refractivity contribution in [2.45, 2.75) is 64.6 Å². The van der Waals surface area contributed by atoms with Gasteiger partial charge in [0.25, 0.3) is 5.97 Å². The molecule has 1 aliphatic heterocycles. The SMILES string of the molecule is CC(=O)O.CN1C(C)(C)CC(O)CC1(C)C. The number of aliphatic carboxylic acids is 1. The summed E-state index contributed by atoms with van der Waals surface area (Å²) >= 11 is 0. The largest absolute Gasteiger partial charge is 0.481 e. The molecule has 0 saturated carbocycles. The Morgan fingerprint density at radius 1 is 1.19 bits per heavy atom. The predicted octanol–water partition coefficient (Wildman–Crippen LogP) is 1.72. The molecule has 0 amide bonds. The average molecular weight is 231 g/mol. The average Bonchev–Trinajstić information content (AvgIpc) is 1.96. The van der Waals surface area contributed by atoms with Crippen molar-refractivity contribution >= 4 is 5.97 Å². The van der Waals surface area contributed by atoms with Gasteiger partial charge in [-0.2, -0.15) is 0 Å². The standard InChI is InChI=1S/C10H21NO.C2H4O2/c1-9(2)6-8(12)7-10(3,4)11(9)5;1-2(3)4/h8,12H,6-7H2,1-5H3;1H3,(H,3,4). The Labute approximate surface area is 98.3 Å². The lowest BCUT2D eigenvalue weighted by atomic mass is 9.79. The van der Waals surface area contributed by atoms with Gasteiger partial charge in [-0.25, -0.2) is 0 Å². The number of piperidine rings is 1. The monoisotopic (exact) mass is 231 g/mol. The molecule has 16 heavy (non-hydrogen) atoms. The van der Waals surface area contributed by atoms with Gasteiger partial charge in [0.2, 0.25) is 0 Å². The molecule has 4 heteroatoms. The number of likely N-dealkylation sites (tertiary alicyclic amines) is 1. The molecule has 0 aromatic carbocycles. The predicted molar refractivity (Wildman–Crippen MR) is 64.5 cm³/mol. The highest BCUT2D eigenvalue weighted by Crippen LogP contribution is 2.36. The maximum absolute atomic E-state index is 9.67. The Kier molecular flexibility index (Phi) is 4.95. The van der Waals surface area contributed by atoms with Crippen LogP contribution in [0.25, 0.3) is 0 Å². The van der Waals surface area contributed by atoms with E-state index in [4.69, 9.17) is 9.90 Å². The topological polar surface area (TPSA) is 60.8 Å². The molecular weight excluding hydrogens is 206 g/mol. The Morgan fingerprint density at radius 2 is 1.44 bits per heavy atom. The van der Waals surface area contributed by atoms with Gasteiger partial charge in [0.1, 0.15) is 0 Å². The molecule has 0 aliphatic carbocycles. The van der Waals surface area contributed by atoms with Crippen LogP contribution in [0.15, 0.2) is 0 Å². The summed E-state index contributed by atoms with van der Waals surface area (Å²) in [5, 5.41) is 17.1. The zero-order valence-corrected chi connectivity index (χ0v) is 11.2. The Balaban J connectivity index is 0.000000487. The maximum Gasteiger partial charge on any atom is 0.300 e. The summed E-state index contributed by atoms with van der Waals surface area (Å²) in [5.74, 6) is -0.833. The van der Waals surface area contributed by atoms with E-state index in [1.807, 2.05) is 0 Å². The molecule has 0 atom stereocenters. The first kappa shape index (κ1) is 15.4. The van der Waals surface area contributed by atoms with Crippen LogP contribution in [0.4, 0.5) is 0 Å². The highest BCUT2D eigenvalue weighted by atomic mass is 16.4. The zero-order chi connectivity index (χ0) is 13.1. The second kappa shape index (κ2) is 5.15. The van der Waals surface area contributed by atoms with Gasteiger partial charge in [0, 0.05) is 18.0 Å². The van der Waals surface area contributed by atoms with Crippen LogP contribution in [0.2, 0.25) is 0 Å². The van der Waals surface area contributed by atoms with Crippen LogP contribution in [0.1, 0.15) is 47.5 Å². The number of aliphatic hydroxyl groups excluding tert-OH is 1. The number of carboxylic acid groups (broad SMARTS) is 1. The highest BCUT2D eigenvalue weighted by Gasteiger charge is 2.42. The van der Waals surface area contributed by atoms with E-state index in [-0.39, 0.29) is 17.2 Å². The quantitative estimate of drug-likeness (QED) is 0.666. The summed E-state index contributed by atoms with van der Waals surface area (Å²) in [7, 11) is 2.14. The third-order valence-corrected chi connectivity index (χ3v) is 3.29. The fourth-order valence-electron chi connectivity index (χ4n) is 2.32. The van der Waals surface area contributed by atoms with Crippen molar-refractivity contribution in [2.24, 2.45) is 0 Å². The van der Waals surface area contributed by atoms with E-state index in [0.29, 0.717) is 0 Å². The van der Waals surface area contributed by atoms with Gasteiger partial charge in [0.05, 0.1) is 6.10 Å². The number of nitrogens with zero attached hydrogens (tertiary/aromatic N) is 1. The highest BCUT2D eigenvalue weighted by molar-refractivity contribution is 5.62. The first-order valence-electron chi connectivity index (χ1n) is 5.60. The molecule has 1 heterocycles. The molecular formula is C12H25NO3. The van der Waals surface area contributed by atoms with E-state index < -0.39 is 5.97 Å². The summed E-state index contributed by atoms with van der Waals surface area (Å²) in [6.45, 7) is 9.85. The Morgan fingerprint density at radius 3 is 1.69 bits per heavy atom. The number of carbonyl (C=O) groups is 1. The third kappa shape index (κ3) is 4.49. The van der Waals surface area contributed by atoms with Crippen LogP contribution in [0.5, 0.6) is 0 Å². The minimum absolute atomic E-state index is 0.126. The van der Waals surface area contributed by atoms with E-state index in [1.165, 1.54) is 0 Å². The fraction of sp³-hybridized carbons (Fsp3) is 0.917. The molecule has 96 valence electrons. The van der Waals surface area contributed by atoms with E-state index >= 15 is 0 Å². The minimum atomic E-state index is -0.833. The fourth-order valence-corrected chi connectivity index (χ4v) is 2.32. The molecule has 1 aliphatic rings. The summed E-state index contributed by atoms with van der Waals surface area (Å²) in [4.78, 5) is 11.4. The van der Waals surface area contributed by atoms with Crippen LogP contribution >= 0.6 is 0 Å². The van der Waals surface area contributed by atoms with Crippen LogP contribution < -0.4 is 0 Å². The van der Waals surface area contributed by atoms with Crippen molar-refractivity contribution in [3.63, 3.8) is 0 Å². The number of rotatable bonds is 0. The van der Waals surface area contributed by atoms with Crippen molar-refractivity contribution in [2.75, 3.05) is 7.05 Å². The molecule has 0 bridgehead atoms. The molecule has 1 saturated heterocycles. The van der Waals surface area contributed by atoms with Gasteiger partial charge in [-0.3, -0.25) is 9.69 Å². The summed E-state index contributed by atoms with van der Waals surface area (Å²) < 4.78 is 0. The molecule has 0 unspecified atom stereocenters. The first-order chi connectivity index (χ1) is 6.99. The van der Waals surface area contributed by atoms with E-state index in [0.717, 1.165) is 19.8 Å². The molecule has 0 aromatic rings. The van der Waals surface area contributed by atoms with Crippen molar-refractivity contribution < 1.29 is 15.0 Å². The molecule has 2 N–H and O–H groups in total. The normalized spacial score (nSPS) is 24.4. The number of hydrogen-bond donors (Lipinski definition) is 2. The minimum Gasteiger partial charge on any atom is -0.481 e. The summed E-state index contributed by atoms with van der Waals surface area (Å²) in [6.07, 6.45) is 1.63. The van der Waals surface area contributed by atoms with Gasteiger partial charge >= 0.3 is 0 Å². The maximum atomic E-state index is 9.67. The van der Waals surface area contributed by atoms with Gasteiger partial charge in [-0.15, -0.1) is 0 Å². The van der Waals surface area contributed by atoms with Crippen LogP contribution in [0.3, 0.4) is 0 Å². The summed E-state index contributed by atoms with van der Waals surface area (Å²) in [6, 6.07) is 0.